The first-order chi connectivity index (χ1) is 13.6. The van der Waals surface area contributed by atoms with Crippen LogP contribution in [0.4, 0.5) is 9.18 Å². The molecule has 3 fully saturated rings. The maximum atomic E-state index is 13.7. The van der Waals surface area contributed by atoms with E-state index in [0.29, 0.717) is 39.0 Å². The largest absolute Gasteiger partial charge is 0.333 e. The third-order valence-corrected chi connectivity index (χ3v) is 6.25. The van der Waals surface area contributed by atoms with Crippen molar-refractivity contribution in [1.82, 2.24) is 20.0 Å². The summed E-state index contributed by atoms with van der Waals surface area (Å²) in [6, 6.07) is 6.53. The van der Waals surface area contributed by atoms with Gasteiger partial charge < -0.3 is 20.0 Å². The van der Waals surface area contributed by atoms with E-state index in [1.54, 1.807) is 6.07 Å². The van der Waals surface area contributed by atoms with Gasteiger partial charge in [-0.1, -0.05) is 12.1 Å². The summed E-state index contributed by atoms with van der Waals surface area (Å²) in [5, 5.41) is 3.32. The summed E-state index contributed by atoms with van der Waals surface area (Å²) in [4.78, 5) is 31.5. The van der Waals surface area contributed by atoms with Crippen LogP contribution in [-0.2, 0) is 4.79 Å². The molecule has 1 aromatic rings. The van der Waals surface area contributed by atoms with Gasteiger partial charge in [-0.05, 0) is 43.4 Å². The summed E-state index contributed by atoms with van der Waals surface area (Å²) in [6.45, 7) is 5.02. The Morgan fingerprint density at radius 3 is 2.38 bits per heavy atom. The molecule has 160 valence electrons. The molecule has 0 radical (unpaired) electrons. The predicted molar refractivity (Wildman–Crippen MR) is 111 cm³/mol. The number of carbonyl (C=O) groups is 2. The lowest BCUT2D eigenvalue weighted by Gasteiger charge is -2.41. The predicted octanol–water partition coefficient (Wildman–Crippen LogP) is 2.65. The van der Waals surface area contributed by atoms with Crippen molar-refractivity contribution in [3.05, 3.63) is 35.6 Å². The van der Waals surface area contributed by atoms with E-state index in [2.05, 4.69) is 5.32 Å². The topological polar surface area (TPSA) is 55.9 Å². The molecule has 3 saturated heterocycles. The zero-order chi connectivity index (χ0) is 19.5. The molecule has 8 heteroatoms. The summed E-state index contributed by atoms with van der Waals surface area (Å²) in [5.74, 6) is -0.190. The normalized spacial score (nSPS) is 23.1. The molecule has 29 heavy (non-hydrogen) atoms. The number of benzene rings is 1. The quantitative estimate of drug-likeness (QED) is 0.794. The number of piperazine rings is 1. The molecule has 6 nitrogen and oxygen atoms in total. The van der Waals surface area contributed by atoms with Gasteiger partial charge in [0.05, 0.1) is 6.04 Å². The van der Waals surface area contributed by atoms with E-state index in [0.717, 1.165) is 38.0 Å². The van der Waals surface area contributed by atoms with Crippen molar-refractivity contribution in [2.45, 2.75) is 31.7 Å². The number of likely N-dealkylation sites (tertiary alicyclic amines) is 2. The first-order valence-electron chi connectivity index (χ1n) is 10.4. The maximum Gasteiger partial charge on any atom is 0.319 e. The Morgan fingerprint density at radius 1 is 1.00 bits per heavy atom. The summed E-state index contributed by atoms with van der Waals surface area (Å²) in [6.07, 6.45) is 3.59. The molecule has 3 aliphatic rings. The lowest BCUT2D eigenvalue weighted by atomic mass is 9.93. The van der Waals surface area contributed by atoms with Crippen molar-refractivity contribution in [2.24, 2.45) is 5.92 Å². The van der Waals surface area contributed by atoms with Crippen LogP contribution < -0.4 is 5.32 Å². The van der Waals surface area contributed by atoms with E-state index in [9.17, 15) is 14.0 Å². The smallest absolute Gasteiger partial charge is 0.319 e. The van der Waals surface area contributed by atoms with Gasteiger partial charge in [0.1, 0.15) is 5.82 Å². The number of urea groups is 1. The number of nitrogens with one attached hydrogen (secondary N) is 1. The van der Waals surface area contributed by atoms with Gasteiger partial charge in [0.25, 0.3) is 0 Å². The molecule has 1 atom stereocenters. The first kappa shape index (κ1) is 21.8. The number of nitrogens with zero attached hydrogens (tertiary/aromatic N) is 3. The van der Waals surface area contributed by atoms with Crippen molar-refractivity contribution >= 4 is 24.3 Å². The lowest BCUT2D eigenvalue weighted by molar-refractivity contribution is -0.140. The number of halogens is 2. The third-order valence-electron chi connectivity index (χ3n) is 6.25. The molecule has 3 aliphatic heterocycles. The van der Waals surface area contributed by atoms with Gasteiger partial charge in [0.2, 0.25) is 5.91 Å². The van der Waals surface area contributed by atoms with Crippen molar-refractivity contribution in [3.8, 4) is 0 Å². The monoisotopic (exact) mass is 424 g/mol. The van der Waals surface area contributed by atoms with Crippen LogP contribution >= 0.6 is 12.4 Å². The number of rotatable bonds is 2. The van der Waals surface area contributed by atoms with E-state index in [4.69, 9.17) is 0 Å². The standard InChI is InChI=1S/C21H29FN4O2.ClH/c22-18-5-3-4-17(14-18)19-15-23-8-13-26(19)20(27)16-6-11-25(12-7-16)21(28)24-9-1-2-10-24;/h3-5,14,16,19,23H,1-2,6-13,15H2;1H. The molecule has 1 aromatic carbocycles. The molecule has 3 heterocycles. The number of hydrogen-bond donors (Lipinski definition) is 1. The van der Waals surface area contributed by atoms with E-state index in [1.165, 1.54) is 12.1 Å². The lowest BCUT2D eigenvalue weighted by Crippen LogP contribution is -2.53. The van der Waals surface area contributed by atoms with Crippen LogP contribution in [0.15, 0.2) is 24.3 Å². The van der Waals surface area contributed by atoms with Crippen LogP contribution in [0.1, 0.15) is 37.3 Å². The summed E-state index contributed by atoms with van der Waals surface area (Å²) < 4.78 is 13.7. The van der Waals surface area contributed by atoms with Gasteiger partial charge in [-0.15, -0.1) is 12.4 Å². The van der Waals surface area contributed by atoms with E-state index in [1.807, 2.05) is 20.8 Å². The SMILES string of the molecule is Cl.O=C(N1CCCC1)N1CCC(C(=O)N2CCNCC2c2cccc(F)c2)CC1. The van der Waals surface area contributed by atoms with Crippen molar-refractivity contribution in [2.75, 3.05) is 45.8 Å². The average Bonchev–Trinajstić information content (AvgIpc) is 3.28. The fraction of sp³-hybridized carbons (Fsp3) is 0.619. The van der Waals surface area contributed by atoms with Crippen LogP contribution in [0.25, 0.3) is 0 Å². The Balaban J connectivity index is 0.00000240. The van der Waals surface area contributed by atoms with Gasteiger partial charge in [-0.2, -0.15) is 0 Å². The highest BCUT2D eigenvalue weighted by atomic mass is 35.5. The van der Waals surface area contributed by atoms with Crippen molar-refractivity contribution in [3.63, 3.8) is 0 Å². The Labute approximate surface area is 177 Å². The van der Waals surface area contributed by atoms with Gasteiger partial charge in [-0.3, -0.25) is 4.79 Å². The second-order valence-electron chi connectivity index (χ2n) is 8.04. The highest BCUT2D eigenvalue weighted by molar-refractivity contribution is 5.85. The van der Waals surface area contributed by atoms with Crippen LogP contribution in [0, 0.1) is 11.7 Å². The minimum atomic E-state index is -0.274. The zero-order valence-corrected chi connectivity index (χ0v) is 17.5. The van der Waals surface area contributed by atoms with Gasteiger partial charge in [-0.25, -0.2) is 9.18 Å². The van der Waals surface area contributed by atoms with E-state index >= 15 is 0 Å². The van der Waals surface area contributed by atoms with Crippen LogP contribution in [0.2, 0.25) is 0 Å². The Bertz CT molecular complexity index is 720. The van der Waals surface area contributed by atoms with Crippen LogP contribution in [0.5, 0.6) is 0 Å². The molecule has 3 amide bonds. The first-order valence-corrected chi connectivity index (χ1v) is 10.4. The van der Waals surface area contributed by atoms with E-state index in [-0.39, 0.29) is 42.1 Å². The molecular weight excluding hydrogens is 395 g/mol. The highest BCUT2D eigenvalue weighted by Crippen LogP contribution is 2.28. The van der Waals surface area contributed by atoms with Crippen LogP contribution in [-0.4, -0.2) is 72.5 Å². The fourth-order valence-electron chi connectivity index (χ4n) is 4.64. The Morgan fingerprint density at radius 2 is 1.69 bits per heavy atom. The molecule has 0 spiro atoms. The molecule has 0 aliphatic carbocycles. The zero-order valence-electron chi connectivity index (χ0n) is 16.7. The Kier molecular flexibility index (Phi) is 7.35. The third kappa shape index (κ3) is 4.83. The molecule has 1 N–H and O–H groups in total. The number of amides is 3. The molecule has 0 saturated carbocycles. The minimum Gasteiger partial charge on any atom is -0.333 e. The maximum absolute atomic E-state index is 13.7. The molecular formula is C21H30ClFN4O2. The fourth-order valence-corrected chi connectivity index (χ4v) is 4.64. The van der Waals surface area contributed by atoms with Gasteiger partial charge in [0, 0.05) is 51.7 Å². The minimum absolute atomic E-state index is 0. The number of piperidine rings is 1. The van der Waals surface area contributed by atoms with Crippen molar-refractivity contribution < 1.29 is 14.0 Å². The highest BCUT2D eigenvalue weighted by Gasteiger charge is 2.36. The summed E-state index contributed by atoms with van der Waals surface area (Å²) >= 11 is 0. The molecule has 0 aromatic heterocycles. The molecule has 1 unspecified atom stereocenters. The second-order valence-corrected chi connectivity index (χ2v) is 8.04. The van der Waals surface area contributed by atoms with Gasteiger partial charge in [0.15, 0.2) is 0 Å². The van der Waals surface area contributed by atoms with Crippen LogP contribution in [0.3, 0.4) is 0 Å². The second kappa shape index (κ2) is 9.76. The summed E-state index contributed by atoms with van der Waals surface area (Å²) in [7, 11) is 0. The number of carbonyl (C=O) groups excluding carboxylic acids is 2. The average molecular weight is 425 g/mol. The number of hydrogen-bond acceptors (Lipinski definition) is 3. The van der Waals surface area contributed by atoms with E-state index < -0.39 is 0 Å². The molecule has 0 bridgehead atoms. The van der Waals surface area contributed by atoms with Gasteiger partial charge >= 0.3 is 6.03 Å². The van der Waals surface area contributed by atoms with Crippen molar-refractivity contribution in [1.29, 1.82) is 0 Å². The Hall–Kier alpha value is -1.86. The molecule has 4 rings (SSSR count). The summed E-state index contributed by atoms with van der Waals surface area (Å²) in [5.41, 5.74) is 0.835.